The van der Waals surface area contributed by atoms with E-state index in [4.69, 9.17) is 4.74 Å². The van der Waals surface area contributed by atoms with Crippen molar-refractivity contribution in [2.75, 3.05) is 31.4 Å². The molecule has 1 aromatic heterocycles. The van der Waals surface area contributed by atoms with Gasteiger partial charge in [0.25, 0.3) is 0 Å². The van der Waals surface area contributed by atoms with Gasteiger partial charge in [0.1, 0.15) is 11.6 Å². The molecule has 0 saturated carbocycles. The number of methoxy groups -OCH3 is 1. The molecule has 0 aliphatic carbocycles. The third-order valence-electron chi connectivity index (χ3n) is 2.93. The molecule has 0 radical (unpaired) electrons. The van der Waals surface area contributed by atoms with Crippen molar-refractivity contribution < 1.29 is 4.74 Å². The molecule has 1 N–H and O–H groups in total. The first kappa shape index (κ1) is 14.7. The predicted octanol–water partition coefficient (Wildman–Crippen LogP) is 3.53. The summed E-state index contributed by atoms with van der Waals surface area (Å²) < 4.78 is 6.39. The molecule has 0 atom stereocenters. The Bertz CT molecular complexity index is 570. The standard InChI is InChI=1S/C15H18BrN3O/c1-19(2)15-7-5-13(10-18-15)17-9-11-8-12(16)4-6-14(11)20-3/h4-8,10,17H,9H2,1-3H3. The highest BCUT2D eigenvalue weighted by atomic mass is 79.9. The van der Waals surface area contributed by atoms with Crippen LogP contribution in [0.15, 0.2) is 41.0 Å². The molecule has 106 valence electrons. The van der Waals surface area contributed by atoms with Crippen molar-refractivity contribution in [3.8, 4) is 5.75 Å². The van der Waals surface area contributed by atoms with Gasteiger partial charge in [-0.2, -0.15) is 0 Å². The largest absolute Gasteiger partial charge is 0.496 e. The fraction of sp³-hybridized carbons (Fsp3) is 0.267. The molecule has 0 amide bonds. The maximum Gasteiger partial charge on any atom is 0.128 e. The van der Waals surface area contributed by atoms with E-state index in [2.05, 4.69) is 26.2 Å². The number of hydrogen-bond donors (Lipinski definition) is 1. The van der Waals surface area contributed by atoms with Gasteiger partial charge in [-0.05, 0) is 30.3 Å². The van der Waals surface area contributed by atoms with Gasteiger partial charge in [0.05, 0.1) is 19.0 Å². The Hall–Kier alpha value is -1.75. The van der Waals surface area contributed by atoms with Crippen LogP contribution in [-0.4, -0.2) is 26.2 Å². The molecule has 0 aliphatic heterocycles. The lowest BCUT2D eigenvalue weighted by atomic mass is 10.2. The summed E-state index contributed by atoms with van der Waals surface area (Å²) in [6, 6.07) is 9.98. The number of ether oxygens (including phenoxy) is 1. The van der Waals surface area contributed by atoms with Crippen LogP contribution in [0.25, 0.3) is 0 Å². The Morgan fingerprint density at radius 2 is 2.05 bits per heavy atom. The lowest BCUT2D eigenvalue weighted by molar-refractivity contribution is 0.410. The van der Waals surface area contributed by atoms with Gasteiger partial charge >= 0.3 is 0 Å². The fourth-order valence-electron chi connectivity index (χ4n) is 1.84. The number of benzene rings is 1. The molecule has 2 rings (SSSR count). The number of rotatable bonds is 5. The Morgan fingerprint density at radius 3 is 2.65 bits per heavy atom. The summed E-state index contributed by atoms with van der Waals surface area (Å²) in [5.74, 6) is 1.81. The number of anilines is 2. The quantitative estimate of drug-likeness (QED) is 0.906. The van der Waals surface area contributed by atoms with Crippen molar-refractivity contribution in [1.29, 1.82) is 0 Å². The molecule has 20 heavy (non-hydrogen) atoms. The SMILES string of the molecule is COc1ccc(Br)cc1CNc1ccc(N(C)C)nc1. The Morgan fingerprint density at radius 1 is 1.25 bits per heavy atom. The molecule has 1 heterocycles. The van der Waals surface area contributed by atoms with Crippen LogP contribution in [0.5, 0.6) is 5.75 Å². The summed E-state index contributed by atoms with van der Waals surface area (Å²) >= 11 is 3.48. The number of halogens is 1. The molecule has 2 aromatic rings. The Balaban J connectivity index is 2.06. The van der Waals surface area contributed by atoms with Crippen molar-refractivity contribution in [1.82, 2.24) is 4.98 Å². The van der Waals surface area contributed by atoms with Crippen LogP contribution in [0.3, 0.4) is 0 Å². The van der Waals surface area contributed by atoms with Gasteiger partial charge in [-0.25, -0.2) is 4.98 Å². The van der Waals surface area contributed by atoms with Gasteiger partial charge < -0.3 is 15.0 Å². The third kappa shape index (κ3) is 3.63. The van der Waals surface area contributed by atoms with Crippen LogP contribution >= 0.6 is 15.9 Å². The summed E-state index contributed by atoms with van der Waals surface area (Å²) in [5.41, 5.74) is 2.08. The first-order valence-electron chi connectivity index (χ1n) is 6.30. The van der Waals surface area contributed by atoms with Crippen molar-refractivity contribution in [2.45, 2.75) is 6.54 Å². The van der Waals surface area contributed by atoms with Crippen molar-refractivity contribution in [3.05, 3.63) is 46.6 Å². The van der Waals surface area contributed by atoms with E-state index in [-0.39, 0.29) is 0 Å². The second-order valence-electron chi connectivity index (χ2n) is 4.61. The van der Waals surface area contributed by atoms with Gasteiger partial charge in [0, 0.05) is 30.7 Å². The molecule has 0 bridgehead atoms. The fourth-order valence-corrected chi connectivity index (χ4v) is 2.25. The zero-order chi connectivity index (χ0) is 14.5. The van der Waals surface area contributed by atoms with E-state index in [0.717, 1.165) is 27.3 Å². The van der Waals surface area contributed by atoms with Gasteiger partial charge in [0.15, 0.2) is 0 Å². The van der Waals surface area contributed by atoms with Crippen molar-refractivity contribution in [3.63, 3.8) is 0 Å². The Kier molecular flexibility index (Phi) is 4.84. The number of aromatic nitrogens is 1. The average molecular weight is 336 g/mol. The summed E-state index contributed by atoms with van der Waals surface area (Å²) in [6.07, 6.45) is 1.83. The van der Waals surface area contributed by atoms with E-state index in [1.165, 1.54) is 0 Å². The van der Waals surface area contributed by atoms with E-state index in [1.807, 2.05) is 55.5 Å². The van der Waals surface area contributed by atoms with Crippen LogP contribution < -0.4 is 15.0 Å². The lowest BCUT2D eigenvalue weighted by Crippen LogP contribution is -2.10. The molecule has 0 unspecified atom stereocenters. The number of pyridine rings is 1. The molecule has 1 aromatic carbocycles. The van der Waals surface area contributed by atoms with Gasteiger partial charge in [-0.3, -0.25) is 0 Å². The molecule has 0 fully saturated rings. The third-order valence-corrected chi connectivity index (χ3v) is 3.42. The molecular formula is C15H18BrN3O. The zero-order valence-corrected chi connectivity index (χ0v) is 13.4. The summed E-state index contributed by atoms with van der Waals surface area (Å²) in [5, 5.41) is 3.35. The van der Waals surface area contributed by atoms with Gasteiger partial charge in [-0.15, -0.1) is 0 Å². The minimum absolute atomic E-state index is 0.686. The van der Waals surface area contributed by atoms with Crippen LogP contribution in [0.2, 0.25) is 0 Å². The minimum Gasteiger partial charge on any atom is -0.496 e. The summed E-state index contributed by atoms with van der Waals surface area (Å²) in [4.78, 5) is 6.35. The molecule has 4 nitrogen and oxygen atoms in total. The molecule has 0 spiro atoms. The van der Waals surface area contributed by atoms with E-state index in [0.29, 0.717) is 6.54 Å². The van der Waals surface area contributed by atoms with E-state index >= 15 is 0 Å². The molecule has 0 aliphatic rings. The predicted molar refractivity (Wildman–Crippen MR) is 86.6 cm³/mol. The summed E-state index contributed by atoms with van der Waals surface area (Å²) in [6.45, 7) is 0.686. The molecule has 0 saturated heterocycles. The maximum atomic E-state index is 5.36. The average Bonchev–Trinajstić information content (AvgIpc) is 2.45. The number of hydrogen-bond acceptors (Lipinski definition) is 4. The van der Waals surface area contributed by atoms with Gasteiger partial charge in [-0.1, -0.05) is 15.9 Å². The highest BCUT2D eigenvalue weighted by Gasteiger charge is 2.04. The van der Waals surface area contributed by atoms with E-state index in [9.17, 15) is 0 Å². The normalized spacial score (nSPS) is 10.2. The number of nitrogens with zero attached hydrogens (tertiary/aromatic N) is 2. The topological polar surface area (TPSA) is 37.4 Å². The first-order chi connectivity index (χ1) is 9.60. The second-order valence-corrected chi connectivity index (χ2v) is 5.52. The van der Waals surface area contributed by atoms with Crippen LogP contribution in [0, 0.1) is 0 Å². The maximum absolute atomic E-state index is 5.36. The Labute approximate surface area is 127 Å². The second kappa shape index (κ2) is 6.61. The molecule has 5 heteroatoms. The van der Waals surface area contributed by atoms with E-state index < -0.39 is 0 Å². The lowest BCUT2D eigenvalue weighted by Gasteiger charge is -2.13. The van der Waals surface area contributed by atoms with Crippen molar-refractivity contribution >= 4 is 27.4 Å². The summed E-state index contributed by atoms with van der Waals surface area (Å²) in [7, 11) is 5.63. The zero-order valence-electron chi connectivity index (χ0n) is 11.9. The van der Waals surface area contributed by atoms with E-state index in [1.54, 1.807) is 7.11 Å². The molecular weight excluding hydrogens is 318 g/mol. The van der Waals surface area contributed by atoms with Gasteiger partial charge in [0.2, 0.25) is 0 Å². The monoisotopic (exact) mass is 335 g/mol. The smallest absolute Gasteiger partial charge is 0.128 e. The van der Waals surface area contributed by atoms with Crippen molar-refractivity contribution in [2.24, 2.45) is 0 Å². The van der Waals surface area contributed by atoms with Crippen LogP contribution in [0.4, 0.5) is 11.5 Å². The number of nitrogens with one attached hydrogen (secondary N) is 1. The van der Waals surface area contributed by atoms with Crippen LogP contribution in [-0.2, 0) is 6.54 Å². The minimum atomic E-state index is 0.686. The first-order valence-corrected chi connectivity index (χ1v) is 7.09. The highest BCUT2D eigenvalue weighted by molar-refractivity contribution is 9.10. The van der Waals surface area contributed by atoms with Crippen LogP contribution in [0.1, 0.15) is 5.56 Å². The highest BCUT2D eigenvalue weighted by Crippen LogP contribution is 2.24.